The maximum atomic E-state index is 2.52. The summed E-state index contributed by atoms with van der Waals surface area (Å²) in [6.45, 7) is 11.6. The lowest BCUT2D eigenvalue weighted by Crippen LogP contribution is -1.98. The van der Waals surface area contributed by atoms with Gasteiger partial charge in [0.15, 0.2) is 0 Å². The van der Waals surface area contributed by atoms with E-state index in [-0.39, 0.29) is 7.92 Å². The lowest BCUT2D eigenvalue weighted by Gasteiger charge is -2.15. The van der Waals surface area contributed by atoms with Gasteiger partial charge in [0.1, 0.15) is 0 Å². The van der Waals surface area contributed by atoms with E-state index < -0.39 is 0 Å². The van der Waals surface area contributed by atoms with Crippen LogP contribution in [0.4, 0.5) is 0 Å². The van der Waals surface area contributed by atoms with Crippen molar-refractivity contribution in [2.75, 3.05) is 12.3 Å². The first kappa shape index (κ1) is 15.2. The lowest BCUT2D eigenvalue weighted by atomic mass is 10.1. The first-order chi connectivity index (χ1) is 7.13. The molecule has 0 aromatic carbocycles. The number of allylic oxidation sites excluding steroid dienone is 1. The predicted molar refractivity (Wildman–Crippen MR) is 75.0 cm³/mol. The highest BCUT2D eigenvalue weighted by atomic mass is 31.1. The van der Waals surface area contributed by atoms with Crippen LogP contribution < -0.4 is 0 Å². The SMILES string of the molecule is CCC(C)C/C=C/P(CC)CC(C)CC. The summed E-state index contributed by atoms with van der Waals surface area (Å²) in [5, 5.41) is 0. The maximum Gasteiger partial charge on any atom is -0.0266 e. The Kier molecular flexibility index (Phi) is 9.51. The van der Waals surface area contributed by atoms with Crippen molar-refractivity contribution in [2.45, 2.75) is 53.9 Å². The van der Waals surface area contributed by atoms with Crippen LogP contribution >= 0.6 is 7.92 Å². The summed E-state index contributed by atoms with van der Waals surface area (Å²) in [5.41, 5.74) is 0. The monoisotopic (exact) mass is 228 g/mol. The molecule has 0 nitrogen and oxygen atoms in total. The van der Waals surface area contributed by atoms with Crippen LogP contribution in [0.5, 0.6) is 0 Å². The summed E-state index contributed by atoms with van der Waals surface area (Å²) >= 11 is 0. The van der Waals surface area contributed by atoms with E-state index in [2.05, 4.69) is 46.5 Å². The third-order valence-corrected chi connectivity index (χ3v) is 5.74. The molecule has 0 saturated heterocycles. The van der Waals surface area contributed by atoms with Crippen molar-refractivity contribution in [2.24, 2.45) is 11.8 Å². The topological polar surface area (TPSA) is 0 Å². The van der Waals surface area contributed by atoms with Crippen molar-refractivity contribution < 1.29 is 0 Å². The Hall–Kier alpha value is 0.170. The molecule has 0 radical (unpaired) electrons. The Balaban J connectivity index is 3.87. The molecule has 0 fully saturated rings. The lowest BCUT2D eigenvalue weighted by molar-refractivity contribution is 0.572. The highest BCUT2D eigenvalue weighted by Crippen LogP contribution is 2.39. The van der Waals surface area contributed by atoms with Gasteiger partial charge in [0, 0.05) is 0 Å². The van der Waals surface area contributed by atoms with E-state index in [9.17, 15) is 0 Å². The Morgan fingerprint density at radius 2 is 1.60 bits per heavy atom. The van der Waals surface area contributed by atoms with Gasteiger partial charge in [-0.05, 0) is 30.6 Å². The molecular weight excluding hydrogens is 199 g/mol. The van der Waals surface area contributed by atoms with Gasteiger partial charge >= 0.3 is 0 Å². The molecule has 0 aromatic heterocycles. The van der Waals surface area contributed by atoms with Crippen LogP contribution in [0.2, 0.25) is 0 Å². The molecule has 0 rings (SSSR count). The van der Waals surface area contributed by atoms with E-state index in [1.165, 1.54) is 31.6 Å². The van der Waals surface area contributed by atoms with Gasteiger partial charge in [0.05, 0.1) is 0 Å². The van der Waals surface area contributed by atoms with Gasteiger partial charge in [-0.1, -0.05) is 67.3 Å². The van der Waals surface area contributed by atoms with Crippen molar-refractivity contribution in [3.63, 3.8) is 0 Å². The summed E-state index contributed by atoms with van der Waals surface area (Å²) in [4.78, 5) is 0. The zero-order valence-corrected chi connectivity index (χ0v) is 12.2. The Bertz CT molecular complexity index is 163. The van der Waals surface area contributed by atoms with Crippen LogP contribution in [0.15, 0.2) is 11.9 Å². The highest BCUT2D eigenvalue weighted by molar-refractivity contribution is 7.60. The molecule has 0 aliphatic heterocycles. The second-order valence-electron chi connectivity index (χ2n) is 4.73. The number of rotatable bonds is 8. The van der Waals surface area contributed by atoms with Crippen LogP contribution in [0, 0.1) is 11.8 Å². The van der Waals surface area contributed by atoms with Gasteiger partial charge in [-0.2, -0.15) is 0 Å². The van der Waals surface area contributed by atoms with Gasteiger partial charge in [0.2, 0.25) is 0 Å². The summed E-state index contributed by atoms with van der Waals surface area (Å²) < 4.78 is 0. The third kappa shape index (κ3) is 8.03. The smallest absolute Gasteiger partial charge is 0.0266 e. The van der Waals surface area contributed by atoms with E-state index in [0.717, 1.165) is 11.8 Å². The Labute approximate surface area is 98.3 Å². The fourth-order valence-electron chi connectivity index (χ4n) is 1.43. The largest absolute Gasteiger partial charge is 0.0838 e. The quantitative estimate of drug-likeness (QED) is 0.482. The molecule has 0 aromatic rings. The zero-order valence-electron chi connectivity index (χ0n) is 11.3. The van der Waals surface area contributed by atoms with Crippen LogP contribution in [-0.2, 0) is 0 Å². The van der Waals surface area contributed by atoms with Crippen molar-refractivity contribution in [1.29, 1.82) is 0 Å². The minimum Gasteiger partial charge on any atom is -0.0838 e. The molecule has 3 atom stereocenters. The fourth-order valence-corrected chi connectivity index (χ4v) is 3.50. The molecule has 0 N–H and O–H groups in total. The maximum absolute atomic E-state index is 2.52. The third-order valence-electron chi connectivity index (χ3n) is 3.20. The zero-order chi connectivity index (χ0) is 11.7. The minimum atomic E-state index is 0.180. The highest BCUT2D eigenvalue weighted by Gasteiger charge is 2.06. The second kappa shape index (κ2) is 9.40. The molecule has 15 heavy (non-hydrogen) atoms. The molecule has 0 aliphatic rings. The van der Waals surface area contributed by atoms with E-state index >= 15 is 0 Å². The molecule has 0 bridgehead atoms. The van der Waals surface area contributed by atoms with Crippen LogP contribution in [-0.4, -0.2) is 12.3 Å². The summed E-state index contributed by atoms with van der Waals surface area (Å²) in [5.74, 6) is 4.29. The molecule has 0 spiro atoms. The summed E-state index contributed by atoms with van der Waals surface area (Å²) in [6, 6.07) is 0. The van der Waals surface area contributed by atoms with Crippen LogP contribution in [0.25, 0.3) is 0 Å². The summed E-state index contributed by atoms with van der Waals surface area (Å²) in [7, 11) is 0.180. The normalized spacial score (nSPS) is 17.9. The first-order valence-corrected chi connectivity index (χ1v) is 8.32. The van der Waals surface area contributed by atoms with Crippen LogP contribution in [0.1, 0.15) is 53.9 Å². The summed E-state index contributed by atoms with van der Waals surface area (Å²) in [6.07, 6.45) is 9.13. The number of hydrogen-bond acceptors (Lipinski definition) is 0. The van der Waals surface area contributed by atoms with Gasteiger partial charge in [-0.3, -0.25) is 0 Å². The van der Waals surface area contributed by atoms with Crippen molar-refractivity contribution >= 4 is 7.92 Å². The Morgan fingerprint density at radius 3 is 2.07 bits per heavy atom. The van der Waals surface area contributed by atoms with Crippen molar-refractivity contribution in [3.8, 4) is 0 Å². The van der Waals surface area contributed by atoms with E-state index in [1.807, 2.05) is 0 Å². The first-order valence-electron chi connectivity index (χ1n) is 6.54. The molecule has 3 unspecified atom stereocenters. The van der Waals surface area contributed by atoms with Gasteiger partial charge in [-0.15, -0.1) is 0 Å². The number of hydrogen-bond donors (Lipinski definition) is 0. The second-order valence-corrected chi connectivity index (χ2v) is 7.21. The van der Waals surface area contributed by atoms with Gasteiger partial charge < -0.3 is 0 Å². The molecule has 0 aliphatic carbocycles. The fraction of sp³-hybridized carbons (Fsp3) is 0.857. The molecule has 1 heteroatoms. The average Bonchev–Trinajstić information content (AvgIpc) is 2.26. The minimum absolute atomic E-state index is 0.180. The van der Waals surface area contributed by atoms with E-state index in [0.29, 0.717) is 0 Å². The van der Waals surface area contributed by atoms with Crippen molar-refractivity contribution in [1.82, 2.24) is 0 Å². The van der Waals surface area contributed by atoms with Crippen LogP contribution in [0.3, 0.4) is 0 Å². The molecule has 0 heterocycles. The van der Waals surface area contributed by atoms with Crippen molar-refractivity contribution in [3.05, 3.63) is 11.9 Å². The van der Waals surface area contributed by atoms with Gasteiger partial charge in [0.25, 0.3) is 0 Å². The van der Waals surface area contributed by atoms with E-state index in [1.54, 1.807) is 0 Å². The average molecular weight is 228 g/mol. The predicted octanol–water partition coefficient (Wildman–Crippen LogP) is 5.48. The molecule has 90 valence electrons. The Morgan fingerprint density at radius 1 is 1.00 bits per heavy atom. The standard InChI is InChI=1S/C14H29P/c1-6-13(4)10-9-11-15(8-3)12-14(5)7-2/h9,11,13-14H,6-8,10,12H2,1-5H3/b11-9+. The molecule has 0 saturated carbocycles. The molecule has 0 amide bonds. The van der Waals surface area contributed by atoms with Gasteiger partial charge in [-0.25, -0.2) is 0 Å². The van der Waals surface area contributed by atoms with E-state index in [4.69, 9.17) is 0 Å². The molecular formula is C14H29P.